The number of aliphatic carboxylic acids is 1. The third kappa shape index (κ3) is 3.98. The number of methoxy groups -OCH3 is 1. The fraction of sp³-hybridized carbons (Fsp3) is 0.400. The Hall–Kier alpha value is -2.22. The van der Waals surface area contributed by atoms with Crippen LogP contribution >= 0.6 is 0 Å². The lowest BCUT2D eigenvalue weighted by Gasteiger charge is -2.19. The molecule has 1 aromatic rings. The molecule has 1 aromatic heterocycles. The lowest BCUT2D eigenvalue weighted by molar-refractivity contribution is -0.137. The molecule has 98 valence electrons. The van der Waals surface area contributed by atoms with Crippen LogP contribution in [0.5, 0.6) is 0 Å². The molecule has 18 heavy (non-hydrogen) atoms. The second kappa shape index (κ2) is 6.50. The molecule has 0 aliphatic rings. The Bertz CT molecular complexity index is 464. The molecule has 1 heterocycles. The summed E-state index contributed by atoms with van der Waals surface area (Å²) >= 11 is 0. The first-order chi connectivity index (χ1) is 8.54. The number of hydrogen-bond donors (Lipinski definition) is 2. The maximum Gasteiger partial charge on any atom is 0.323 e. The minimum Gasteiger partial charge on any atom is -0.480 e. The van der Waals surface area contributed by atoms with E-state index in [9.17, 15) is 14.4 Å². The van der Waals surface area contributed by atoms with Gasteiger partial charge in [-0.1, -0.05) is 0 Å². The van der Waals surface area contributed by atoms with Crippen LogP contribution in [0.4, 0.5) is 0 Å². The number of ether oxygens (including phenoxy) is 1. The van der Waals surface area contributed by atoms with E-state index in [1.807, 2.05) is 0 Å². The van der Waals surface area contributed by atoms with Crippen molar-refractivity contribution in [1.29, 1.82) is 0 Å². The van der Waals surface area contributed by atoms with Crippen LogP contribution in [0.1, 0.15) is 10.5 Å². The lowest BCUT2D eigenvalue weighted by Crippen LogP contribution is -2.38. The second-order valence-electron chi connectivity index (χ2n) is 3.41. The van der Waals surface area contributed by atoms with E-state index in [0.717, 1.165) is 17.3 Å². The molecule has 0 aromatic carbocycles. The summed E-state index contributed by atoms with van der Waals surface area (Å²) in [7, 11) is 1.45. The predicted molar refractivity (Wildman–Crippen MR) is 60.3 cm³/mol. The number of H-pyrrole nitrogens is 1. The van der Waals surface area contributed by atoms with Gasteiger partial charge >= 0.3 is 5.97 Å². The van der Waals surface area contributed by atoms with Crippen LogP contribution in [-0.4, -0.2) is 58.7 Å². The van der Waals surface area contributed by atoms with Gasteiger partial charge in [0.15, 0.2) is 0 Å². The van der Waals surface area contributed by atoms with Gasteiger partial charge in [0, 0.05) is 19.9 Å². The van der Waals surface area contributed by atoms with Crippen molar-refractivity contribution in [2.45, 2.75) is 0 Å². The Labute approximate surface area is 102 Å². The van der Waals surface area contributed by atoms with Gasteiger partial charge in [-0.15, -0.1) is 0 Å². The van der Waals surface area contributed by atoms with Gasteiger partial charge in [-0.05, 0) is 0 Å². The Morgan fingerprint density at radius 1 is 1.56 bits per heavy atom. The highest BCUT2D eigenvalue weighted by Crippen LogP contribution is 1.99. The number of aromatic nitrogens is 2. The smallest absolute Gasteiger partial charge is 0.323 e. The highest BCUT2D eigenvalue weighted by Gasteiger charge is 2.19. The molecule has 0 saturated carbocycles. The predicted octanol–water partition coefficient (Wildman–Crippen LogP) is -1.06. The molecule has 1 rings (SSSR count). The largest absolute Gasteiger partial charge is 0.480 e. The van der Waals surface area contributed by atoms with Crippen LogP contribution < -0.4 is 5.56 Å². The average molecular weight is 255 g/mol. The maximum atomic E-state index is 11.9. The SMILES string of the molecule is COCCN(CC(=O)O)C(=O)c1c[nH]c(=O)cn1. The summed E-state index contributed by atoms with van der Waals surface area (Å²) in [5, 5.41) is 8.71. The molecular formula is C10H13N3O5. The molecule has 0 atom stereocenters. The van der Waals surface area contributed by atoms with Crippen molar-refractivity contribution in [3.8, 4) is 0 Å². The molecule has 0 bridgehead atoms. The number of carboxylic acid groups (broad SMARTS) is 1. The van der Waals surface area contributed by atoms with E-state index in [-0.39, 0.29) is 18.8 Å². The summed E-state index contributed by atoms with van der Waals surface area (Å²) in [4.78, 5) is 40.4. The van der Waals surface area contributed by atoms with Crippen molar-refractivity contribution in [2.24, 2.45) is 0 Å². The van der Waals surface area contributed by atoms with E-state index in [0.29, 0.717) is 0 Å². The quantitative estimate of drug-likeness (QED) is 0.670. The van der Waals surface area contributed by atoms with E-state index in [2.05, 4.69) is 9.97 Å². The van der Waals surface area contributed by atoms with Gasteiger partial charge in [0.25, 0.3) is 11.5 Å². The molecule has 0 saturated heterocycles. The Kier molecular flexibility index (Phi) is 5.00. The molecule has 0 aliphatic carbocycles. The highest BCUT2D eigenvalue weighted by molar-refractivity contribution is 5.93. The van der Waals surface area contributed by atoms with Gasteiger partial charge in [-0.3, -0.25) is 14.4 Å². The van der Waals surface area contributed by atoms with E-state index in [1.165, 1.54) is 7.11 Å². The fourth-order valence-corrected chi connectivity index (χ4v) is 1.24. The first-order valence-electron chi connectivity index (χ1n) is 5.09. The topological polar surface area (TPSA) is 113 Å². The number of aromatic amines is 1. The molecule has 0 spiro atoms. The molecule has 2 N–H and O–H groups in total. The first kappa shape index (κ1) is 13.8. The summed E-state index contributed by atoms with van der Waals surface area (Å²) in [5.74, 6) is -1.71. The van der Waals surface area contributed by atoms with Crippen LogP contribution in [0.3, 0.4) is 0 Å². The molecule has 0 fully saturated rings. The Morgan fingerprint density at radius 2 is 2.28 bits per heavy atom. The van der Waals surface area contributed by atoms with Crippen LogP contribution in [0.2, 0.25) is 0 Å². The van der Waals surface area contributed by atoms with Crippen LogP contribution in [0, 0.1) is 0 Å². The summed E-state index contributed by atoms with van der Waals surface area (Å²) in [6.07, 6.45) is 2.11. The molecule has 8 nitrogen and oxygen atoms in total. The van der Waals surface area contributed by atoms with E-state index in [1.54, 1.807) is 0 Å². The molecule has 0 aliphatic heterocycles. The number of nitrogens with zero attached hydrogens (tertiary/aromatic N) is 2. The monoisotopic (exact) mass is 255 g/mol. The maximum absolute atomic E-state index is 11.9. The number of amides is 1. The minimum atomic E-state index is -1.14. The number of carbonyl (C=O) groups is 2. The van der Waals surface area contributed by atoms with E-state index >= 15 is 0 Å². The van der Waals surface area contributed by atoms with Crippen molar-refractivity contribution < 1.29 is 19.4 Å². The van der Waals surface area contributed by atoms with Gasteiger partial charge in [-0.2, -0.15) is 0 Å². The third-order valence-corrected chi connectivity index (χ3v) is 2.07. The van der Waals surface area contributed by atoms with Gasteiger partial charge < -0.3 is 19.7 Å². The highest BCUT2D eigenvalue weighted by atomic mass is 16.5. The second-order valence-corrected chi connectivity index (χ2v) is 3.41. The van der Waals surface area contributed by atoms with Crippen molar-refractivity contribution in [2.75, 3.05) is 26.8 Å². The van der Waals surface area contributed by atoms with Crippen molar-refractivity contribution >= 4 is 11.9 Å². The molecule has 1 amide bonds. The van der Waals surface area contributed by atoms with Gasteiger partial charge in [0.05, 0.1) is 12.8 Å². The van der Waals surface area contributed by atoms with Crippen molar-refractivity contribution in [3.05, 3.63) is 28.4 Å². The fourth-order valence-electron chi connectivity index (χ4n) is 1.24. The molecule has 8 heteroatoms. The van der Waals surface area contributed by atoms with Gasteiger partial charge in [-0.25, -0.2) is 4.98 Å². The first-order valence-corrected chi connectivity index (χ1v) is 5.09. The summed E-state index contributed by atoms with van der Waals surface area (Å²) in [5.41, 5.74) is -0.458. The van der Waals surface area contributed by atoms with Crippen molar-refractivity contribution in [1.82, 2.24) is 14.9 Å². The normalized spacial score (nSPS) is 10.1. The summed E-state index contributed by atoms with van der Waals surface area (Å²) in [6, 6.07) is 0. The Balaban J connectivity index is 2.83. The summed E-state index contributed by atoms with van der Waals surface area (Å²) < 4.78 is 4.79. The molecular weight excluding hydrogens is 242 g/mol. The number of nitrogens with one attached hydrogen (secondary N) is 1. The number of hydrogen-bond acceptors (Lipinski definition) is 5. The number of carbonyl (C=O) groups excluding carboxylic acids is 1. The summed E-state index contributed by atoms with van der Waals surface area (Å²) in [6.45, 7) is -0.117. The zero-order chi connectivity index (χ0) is 13.5. The van der Waals surface area contributed by atoms with Crippen LogP contribution in [0.25, 0.3) is 0 Å². The Morgan fingerprint density at radius 3 is 2.78 bits per heavy atom. The van der Waals surface area contributed by atoms with E-state index in [4.69, 9.17) is 9.84 Å². The molecule has 0 radical (unpaired) electrons. The zero-order valence-electron chi connectivity index (χ0n) is 9.75. The standard InChI is InChI=1S/C10H13N3O5/c1-18-3-2-13(6-9(15)16)10(17)7-4-12-8(14)5-11-7/h4-5H,2-3,6H2,1H3,(H,12,14)(H,15,16). The lowest BCUT2D eigenvalue weighted by atomic mass is 10.3. The van der Waals surface area contributed by atoms with Crippen LogP contribution in [-0.2, 0) is 9.53 Å². The number of carboxylic acids is 1. The number of rotatable bonds is 6. The van der Waals surface area contributed by atoms with E-state index < -0.39 is 24.0 Å². The van der Waals surface area contributed by atoms with Crippen LogP contribution in [0.15, 0.2) is 17.2 Å². The van der Waals surface area contributed by atoms with Crippen molar-refractivity contribution in [3.63, 3.8) is 0 Å². The van der Waals surface area contributed by atoms with Gasteiger partial charge in [0.1, 0.15) is 12.2 Å². The average Bonchev–Trinajstić information content (AvgIpc) is 2.34. The molecule has 0 unspecified atom stereocenters. The third-order valence-electron chi connectivity index (χ3n) is 2.07. The van der Waals surface area contributed by atoms with Gasteiger partial charge in [0.2, 0.25) is 0 Å². The zero-order valence-corrected chi connectivity index (χ0v) is 9.75. The minimum absolute atomic E-state index is 0.0213.